The second-order valence-electron chi connectivity index (χ2n) is 2.89. The number of hydrogen-bond acceptors (Lipinski definition) is 1. The van der Waals surface area contributed by atoms with E-state index < -0.39 is 0 Å². The van der Waals surface area contributed by atoms with Gasteiger partial charge in [0.05, 0.1) is 0 Å². The molecule has 0 aromatic heterocycles. The maximum Gasteiger partial charge on any atom is 0.178 e. The lowest BCUT2D eigenvalue weighted by Crippen LogP contribution is -2.39. The third-order valence-corrected chi connectivity index (χ3v) is 2.03. The van der Waals surface area contributed by atoms with Gasteiger partial charge >= 0.3 is 0 Å². The molecule has 1 atom stereocenters. The van der Waals surface area contributed by atoms with E-state index in [4.69, 9.17) is 7.98 Å². The number of allylic oxidation sites excluding steroid dienone is 1. The Morgan fingerprint density at radius 3 is 2.60 bits per heavy atom. The van der Waals surface area contributed by atoms with E-state index in [1.165, 1.54) is 0 Å². The van der Waals surface area contributed by atoms with E-state index in [1.54, 1.807) is 0 Å². The first-order valence-corrected chi connectivity index (χ1v) is 3.77. The third kappa shape index (κ3) is 3.07. The quantitative estimate of drug-likeness (QED) is 0.450. The van der Waals surface area contributed by atoms with Gasteiger partial charge in [0, 0.05) is 5.54 Å². The number of rotatable bonds is 5. The fourth-order valence-corrected chi connectivity index (χ4v) is 0.772. The fraction of sp³-hybridized carbons (Fsp3) is 0.750. The van der Waals surface area contributed by atoms with Crippen molar-refractivity contribution in [3.8, 4) is 0 Å². The van der Waals surface area contributed by atoms with Crippen molar-refractivity contribution in [1.82, 2.24) is 5.23 Å². The average Bonchev–Trinajstić information content (AvgIpc) is 2.00. The Morgan fingerprint density at radius 2 is 2.30 bits per heavy atom. The van der Waals surface area contributed by atoms with Crippen molar-refractivity contribution in [2.75, 3.05) is 0 Å². The Labute approximate surface area is 65.3 Å². The van der Waals surface area contributed by atoms with Crippen LogP contribution < -0.4 is 5.23 Å². The number of nitrogens with one attached hydrogen (secondary N) is 1. The van der Waals surface area contributed by atoms with Gasteiger partial charge < -0.3 is 5.23 Å². The monoisotopic (exact) mass is 137 g/mol. The van der Waals surface area contributed by atoms with Gasteiger partial charge in [-0.15, -0.1) is 6.58 Å². The van der Waals surface area contributed by atoms with Crippen LogP contribution in [0.2, 0.25) is 0 Å². The van der Waals surface area contributed by atoms with Gasteiger partial charge in [0.15, 0.2) is 7.98 Å². The van der Waals surface area contributed by atoms with Gasteiger partial charge in [-0.3, -0.25) is 0 Å². The van der Waals surface area contributed by atoms with Gasteiger partial charge in [0.1, 0.15) is 0 Å². The lowest BCUT2D eigenvalue weighted by molar-refractivity contribution is 0.386. The van der Waals surface area contributed by atoms with Gasteiger partial charge in [0.25, 0.3) is 0 Å². The SMILES string of the molecule is [B]NC(C)(CC)CCC=C. The van der Waals surface area contributed by atoms with E-state index in [2.05, 4.69) is 25.7 Å². The first-order valence-electron chi connectivity index (χ1n) is 3.77. The van der Waals surface area contributed by atoms with E-state index in [9.17, 15) is 0 Å². The van der Waals surface area contributed by atoms with E-state index in [0.29, 0.717) is 0 Å². The van der Waals surface area contributed by atoms with Crippen LogP contribution in [-0.4, -0.2) is 13.5 Å². The molecule has 0 fully saturated rings. The largest absolute Gasteiger partial charge is 0.361 e. The van der Waals surface area contributed by atoms with Gasteiger partial charge in [-0.2, -0.15) is 0 Å². The van der Waals surface area contributed by atoms with Crippen LogP contribution in [0.1, 0.15) is 33.1 Å². The lowest BCUT2D eigenvalue weighted by Gasteiger charge is -2.27. The lowest BCUT2D eigenvalue weighted by atomic mass is 9.91. The molecule has 0 aliphatic rings. The number of hydrogen-bond donors (Lipinski definition) is 1. The summed E-state index contributed by atoms with van der Waals surface area (Å²) in [7, 11) is 5.37. The Balaban J connectivity index is 3.68. The van der Waals surface area contributed by atoms with Crippen molar-refractivity contribution in [3.63, 3.8) is 0 Å². The van der Waals surface area contributed by atoms with E-state index in [-0.39, 0.29) is 5.54 Å². The Bertz CT molecular complexity index is 97.4. The van der Waals surface area contributed by atoms with Crippen LogP contribution in [-0.2, 0) is 0 Å². The van der Waals surface area contributed by atoms with Crippen molar-refractivity contribution < 1.29 is 0 Å². The minimum Gasteiger partial charge on any atom is -0.361 e. The van der Waals surface area contributed by atoms with Gasteiger partial charge in [-0.25, -0.2) is 0 Å². The molecule has 0 saturated heterocycles. The van der Waals surface area contributed by atoms with Crippen molar-refractivity contribution in [3.05, 3.63) is 12.7 Å². The predicted octanol–water partition coefficient (Wildman–Crippen LogP) is 1.79. The molecule has 2 radical (unpaired) electrons. The summed E-state index contributed by atoms with van der Waals surface area (Å²) >= 11 is 0. The molecule has 56 valence electrons. The summed E-state index contributed by atoms with van der Waals surface area (Å²) in [5.41, 5.74) is 0.0915. The molecule has 2 heteroatoms. The van der Waals surface area contributed by atoms with Gasteiger partial charge in [0.2, 0.25) is 0 Å². The zero-order chi connectivity index (χ0) is 8.04. The molecule has 10 heavy (non-hydrogen) atoms. The molecule has 0 aromatic rings. The van der Waals surface area contributed by atoms with E-state index >= 15 is 0 Å². The Morgan fingerprint density at radius 1 is 1.70 bits per heavy atom. The van der Waals surface area contributed by atoms with E-state index in [1.807, 2.05) is 6.08 Å². The van der Waals surface area contributed by atoms with Crippen LogP contribution in [0.15, 0.2) is 12.7 Å². The molecule has 0 aromatic carbocycles. The zero-order valence-electron chi connectivity index (χ0n) is 6.98. The standard InChI is InChI=1S/C8H16BN/c1-4-6-7-8(3,5-2)10-9/h4,10H,1,5-7H2,2-3H3. The van der Waals surface area contributed by atoms with Crippen LogP contribution in [0.3, 0.4) is 0 Å². The van der Waals surface area contributed by atoms with Crippen LogP contribution in [0.4, 0.5) is 0 Å². The van der Waals surface area contributed by atoms with Crippen LogP contribution in [0.5, 0.6) is 0 Å². The topological polar surface area (TPSA) is 12.0 Å². The maximum absolute atomic E-state index is 5.37. The van der Waals surface area contributed by atoms with Crippen LogP contribution in [0.25, 0.3) is 0 Å². The van der Waals surface area contributed by atoms with Crippen LogP contribution in [0, 0.1) is 0 Å². The average molecular weight is 137 g/mol. The Kier molecular flexibility index (Phi) is 4.45. The van der Waals surface area contributed by atoms with Crippen molar-refractivity contribution in [2.24, 2.45) is 0 Å². The first-order chi connectivity index (χ1) is 4.68. The van der Waals surface area contributed by atoms with Gasteiger partial charge in [-0.1, -0.05) is 13.0 Å². The molecule has 0 heterocycles. The predicted molar refractivity (Wildman–Crippen MR) is 47.0 cm³/mol. The molecular formula is C8H16BN. The maximum atomic E-state index is 5.37. The highest BCUT2D eigenvalue weighted by atomic mass is 14.9. The summed E-state index contributed by atoms with van der Waals surface area (Å²) in [5.74, 6) is 0. The molecule has 1 nitrogen and oxygen atoms in total. The highest BCUT2D eigenvalue weighted by molar-refractivity contribution is 6.04. The summed E-state index contributed by atoms with van der Waals surface area (Å²) in [6, 6.07) is 0. The molecule has 1 unspecified atom stereocenters. The highest BCUT2D eigenvalue weighted by Gasteiger charge is 2.16. The molecular weight excluding hydrogens is 121 g/mol. The highest BCUT2D eigenvalue weighted by Crippen LogP contribution is 2.15. The minimum absolute atomic E-state index is 0.0915. The molecule has 0 spiro atoms. The van der Waals surface area contributed by atoms with E-state index in [0.717, 1.165) is 19.3 Å². The molecule has 0 aliphatic carbocycles. The first kappa shape index (κ1) is 9.76. The van der Waals surface area contributed by atoms with Crippen molar-refractivity contribution in [2.45, 2.75) is 38.6 Å². The van der Waals surface area contributed by atoms with Crippen LogP contribution >= 0.6 is 0 Å². The van der Waals surface area contributed by atoms with Crippen molar-refractivity contribution in [1.29, 1.82) is 0 Å². The molecule has 0 aliphatic heterocycles. The molecule has 0 rings (SSSR count). The summed E-state index contributed by atoms with van der Waals surface area (Å²) in [6.07, 6.45) is 5.06. The zero-order valence-corrected chi connectivity index (χ0v) is 6.98. The molecule has 0 bridgehead atoms. The molecule has 0 amide bonds. The Hall–Kier alpha value is -0.235. The smallest absolute Gasteiger partial charge is 0.178 e. The second kappa shape index (κ2) is 4.56. The van der Waals surface area contributed by atoms with Crippen molar-refractivity contribution >= 4 is 7.98 Å². The second-order valence-corrected chi connectivity index (χ2v) is 2.89. The summed E-state index contributed by atoms with van der Waals surface area (Å²) in [6.45, 7) is 7.91. The fourth-order valence-electron chi connectivity index (χ4n) is 0.772. The molecule has 0 saturated carbocycles. The summed E-state index contributed by atoms with van der Waals surface area (Å²) in [4.78, 5) is 0. The summed E-state index contributed by atoms with van der Waals surface area (Å²) in [5, 5.41) is 2.82. The normalized spacial score (nSPS) is 16.2. The summed E-state index contributed by atoms with van der Waals surface area (Å²) < 4.78 is 0. The van der Waals surface area contributed by atoms with Gasteiger partial charge in [-0.05, 0) is 26.2 Å². The minimum atomic E-state index is 0.0915. The third-order valence-electron chi connectivity index (χ3n) is 2.03. The molecule has 1 N–H and O–H groups in total.